The van der Waals surface area contributed by atoms with Gasteiger partial charge in [-0.15, -0.1) is 23.5 Å². The van der Waals surface area contributed by atoms with Crippen molar-refractivity contribution in [2.75, 3.05) is 19.6 Å². The summed E-state index contributed by atoms with van der Waals surface area (Å²) in [5.74, 6) is 0. The molecule has 0 heterocycles. The third kappa shape index (κ3) is 3.56. The first-order chi connectivity index (χ1) is 6.77. The van der Waals surface area contributed by atoms with Crippen molar-refractivity contribution in [1.82, 2.24) is 4.90 Å². The molecule has 1 nitrogen and oxygen atoms in total. The van der Waals surface area contributed by atoms with Crippen LogP contribution >= 0.6 is 23.5 Å². The maximum atomic E-state index is 2.37. The molecule has 0 saturated carbocycles. The van der Waals surface area contributed by atoms with Gasteiger partial charge >= 0.3 is 0 Å². The van der Waals surface area contributed by atoms with Gasteiger partial charge in [-0.2, -0.15) is 0 Å². The second kappa shape index (κ2) is 6.38. The zero-order valence-corrected chi connectivity index (χ0v) is 10.6. The lowest BCUT2D eigenvalue weighted by molar-refractivity contribution is 0.366. The summed E-state index contributed by atoms with van der Waals surface area (Å²) in [7, 11) is 2.17. The summed E-state index contributed by atoms with van der Waals surface area (Å²) in [6.45, 7) is 1.02. The molecule has 0 N–H and O–H groups in total. The Balaban J connectivity index is 2.52. The van der Waals surface area contributed by atoms with Gasteiger partial charge in [-0.3, -0.25) is 4.90 Å². The first-order valence-electron chi connectivity index (χ1n) is 4.57. The summed E-state index contributed by atoms with van der Waals surface area (Å²) in [6.07, 6.45) is 4.31. The van der Waals surface area contributed by atoms with Gasteiger partial charge in [0.2, 0.25) is 0 Å². The van der Waals surface area contributed by atoms with Crippen molar-refractivity contribution in [3.05, 3.63) is 35.9 Å². The molecule has 14 heavy (non-hydrogen) atoms. The summed E-state index contributed by atoms with van der Waals surface area (Å²) in [4.78, 5) is 2.37. The van der Waals surface area contributed by atoms with E-state index in [4.69, 9.17) is 0 Å². The van der Waals surface area contributed by atoms with Crippen molar-refractivity contribution in [3.63, 3.8) is 0 Å². The zero-order chi connectivity index (χ0) is 10.4. The number of hydrogen-bond acceptors (Lipinski definition) is 3. The fourth-order valence-electron chi connectivity index (χ4n) is 1.40. The van der Waals surface area contributed by atoms with Crippen molar-refractivity contribution in [3.8, 4) is 0 Å². The number of nitrogens with zero attached hydrogens (tertiary/aromatic N) is 1. The monoisotopic (exact) mass is 227 g/mol. The Labute approximate surface area is 95.3 Å². The number of thioether (sulfide) groups is 2. The van der Waals surface area contributed by atoms with Crippen LogP contribution in [0.4, 0.5) is 0 Å². The molecule has 0 radical (unpaired) electrons. The van der Waals surface area contributed by atoms with Crippen molar-refractivity contribution in [2.24, 2.45) is 0 Å². The Morgan fingerprint density at radius 2 is 1.71 bits per heavy atom. The maximum Gasteiger partial charge on any atom is 0.102 e. The van der Waals surface area contributed by atoms with Gasteiger partial charge in [-0.05, 0) is 25.1 Å². The van der Waals surface area contributed by atoms with Crippen molar-refractivity contribution in [2.45, 2.75) is 11.3 Å². The Kier molecular flexibility index (Phi) is 5.45. The number of rotatable bonds is 5. The highest BCUT2D eigenvalue weighted by molar-refractivity contribution is 8.16. The lowest BCUT2D eigenvalue weighted by Gasteiger charge is -2.24. The van der Waals surface area contributed by atoms with Crippen molar-refractivity contribution < 1.29 is 0 Å². The van der Waals surface area contributed by atoms with Crippen LogP contribution in [0, 0.1) is 0 Å². The molecule has 0 amide bonds. The largest absolute Gasteiger partial charge is 0.282 e. The Bertz CT molecular complexity index is 247. The molecule has 0 atom stereocenters. The number of hydrogen-bond donors (Lipinski definition) is 0. The van der Waals surface area contributed by atoms with Gasteiger partial charge in [0.15, 0.2) is 0 Å². The second-order valence-corrected chi connectivity index (χ2v) is 5.31. The molecule has 3 heteroatoms. The normalized spacial score (nSPS) is 11.2. The molecule has 78 valence electrons. The molecule has 0 saturated heterocycles. The van der Waals surface area contributed by atoms with Gasteiger partial charge in [-0.25, -0.2) is 0 Å². The minimum absolute atomic E-state index is 0.551. The minimum Gasteiger partial charge on any atom is -0.282 e. The van der Waals surface area contributed by atoms with Crippen molar-refractivity contribution in [1.29, 1.82) is 0 Å². The quantitative estimate of drug-likeness (QED) is 0.712. The SMILES string of the molecule is CSC(SC)N(C)Cc1ccccc1. The number of benzene rings is 1. The van der Waals surface area contributed by atoms with Gasteiger partial charge in [-0.1, -0.05) is 30.3 Å². The fourth-order valence-corrected chi connectivity index (χ4v) is 3.04. The lowest BCUT2D eigenvalue weighted by atomic mass is 10.2. The fraction of sp³-hybridized carbons (Fsp3) is 0.455. The van der Waals surface area contributed by atoms with Gasteiger partial charge < -0.3 is 0 Å². The topological polar surface area (TPSA) is 3.24 Å². The van der Waals surface area contributed by atoms with Crippen LogP contribution in [0.5, 0.6) is 0 Å². The zero-order valence-electron chi connectivity index (χ0n) is 8.93. The molecule has 1 rings (SSSR count). The van der Waals surface area contributed by atoms with Gasteiger partial charge in [0.1, 0.15) is 4.71 Å². The molecule has 1 aromatic rings. The molecule has 1 aromatic carbocycles. The van der Waals surface area contributed by atoms with Gasteiger partial charge in [0.05, 0.1) is 0 Å². The van der Waals surface area contributed by atoms with E-state index in [1.165, 1.54) is 5.56 Å². The van der Waals surface area contributed by atoms with E-state index in [0.29, 0.717) is 4.71 Å². The molecule has 0 aromatic heterocycles. The third-order valence-electron chi connectivity index (χ3n) is 2.04. The Morgan fingerprint density at radius 1 is 1.14 bits per heavy atom. The summed E-state index contributed by atoms with van der Waals surface area (Å²) < 4.78 is 0.551. The molecule has 0 bridgehead atoms. The molecular formula is C11H17NS2. The summed E-state index contributed by atoms with van der Waals surface area (Å²) in [6, 6.07) is 10.6. The van der Waals surface area contributed by atoms with E-state index < -0.39 is 0 Å². The van der Waals surface area contributed by atoms with Crippen LogP contribution in [-0.2, 0) is 6.54 Å². The molecule has 0 unspecified atom stereocenters. The molecular weight excluding hydrogens is 210 g/mol. The first kappa shape index (κ1) is 12.0. The van der Waals surface area contributed by atoms with Gasteiger partial charge in [0, 0.05) is 6.54 Å². The van der Waals surface area contributed by atoms with Gasteiger partial charge in [0.25, 0.3) is 0 Å². The summed E-state index contributed by atoms with van der Waals surface area (Å²) in [5.41, 5.74) is 1.38. The predicted molar refractivity (Wildman–Crippen MR) is 68.7 cm³/mol. The highest BCUT2D eigenvalue weighted by Gasteiger charge is 2.11. The average Bonchev–Trinajstić information content (AvgIpc) is 2.21. The minimum atomic E-state index is 0.551. The Hall–Kier alpha value is -0.120. The van der Waals surface area contributed by atoms with Crippen LogP contribution in [0.2, 0.25) is 0 Å². The molecule has 0 fully saturated rings. The van der Waals surface area contributed by atoms with E-state index in [-0.39, 0.29) is 0 Å². The van der Waals surface area contributed by atoms with Crippen LogP contribution in [-0.4, -0.2) is 29.2 Å². The molecule has 0 aliphatic carbocycles. The predicted octanol–water partition coefficient (Wildman–Crippen LogP) is 3.13. The molecule has 0 aliphatic rings. The van der Waals surface area contributed by atoms with E-state index in [1.807, 2.05) is 23.5 Å². The van der Waals surface area contributed by atoms with E-state index in [1.54, 1.807) is 0 Å². The summed E-state index contributed by atoms with van der Waals surface area (Å²) >= 11 is 3.77. The Morgan fingerprint density at radius 3 is 2.21 bits per heavy atom. The average molecular weight is 227 g/mol. The van der Waals surface area contributed by atoms with Crippen molar-refractivity contribution >= 4 is 23.5 Å². The van der Waals surface area contributed by atoms with Crippen LogP contribution in [0.15, 0.2) is 30.3 Å². The third-order valence-corrected chi connectivity index (χ3v) is 4.72. The lowest BCUT2D eigenvalue weighted by Crippen LogP contribution is -2.25. The van der Waals surface area contributed by atoms with E-state index in [9.17, 15) is 0 Å². The highest BCUT2D eigenvalue weighted by Crippen LogP contribution is 2.22. The summed E-state index contributed by atoms with van der Waals surface area (Å²) in [5, 5.41) is 0. The van der Waals surface area contributed by atoms with E-state index in [0.717, 1.165) is 6.54 Å². The molecule has 0 aliphatic heterocycles. The smallest absolute Gasteiger partial charge is 0.102 e. The van der Waals surface area contributed by atoms with Crippen LogP contribution in [0.3, 0.4) is 0 Å². The maximum absolute atomic E-state index is 2.37. The molecule has 0 spiro atoms. The van der Waals surface area contributed by atoms with E-state index >= 15 is 0 Å². The van der Waals surface area contributed by atoms with E-state index in [2.05, 4.69) is 54.8 Å². The highest BCUT2D eigenvalue weighted by atomic mass is 32.2. The van der Waals surface area contributed by atoms with Crippen LogP contribution in [0.1, 0.15) is 5.56 Å². The second-order valence-electron chi connectivity index (χ2n) is 3.18. The van der Waals surface area contributed by atoms with Crippen LogP contribution in [0.25, 0.3) is 0 Å². The van der Waals surface area contributed by atoms with Crippen LogP contribution < -0.4 is 0 Å². The standard InChI is InChI=1S/C11H17NS2/c1-12(11(13-2)14-3)9-10-7-5-4-6-8-10/h4-8,11H,9H2,1-3H3. The first-order valence-corrected chi connectivity index (χ1v) is 7.15.